The Hall–Kier alpha value is -2.73. The van der Waals surface area contributed by atoms with Crippen molar-refractivity contribution in [3.05, 3.63) is 64.9 Å². The quantitative estimate of drug-likeness (QED) is 0.664. The Morgan fingerprint density at radius 1 is 1.19 bits per heavy atom. The van der Waals surface area contributed by atoms with Crippen LogP contribution in [0.3, 0.4) is 0 Å². The molecule has 0 radical (unpaired) electrons. The lowest BCUT2D eigenvalue weighted by Crippen LogP contribution is -2.42. The lowest BCUT2D eigenvalue weighted by molar-refractivity contribution is -0.126. The van der Waals surface area contributed by atoms with Crippen LogP contribution in [0.2, 0.25) is 5.02 Å². The van der Waals surface area contributed by atoms with Crippen molar-refractivity contribution in [2.75, 3.05) is 13.1 Å². The standard InChI is InChI=1S/C19H19ClN4O2/c20-17-5-3-16(4-6-17)19(26)24-10-7-15(8-11-24)18(25)23-22-13-14-2-1-9-21-12-14/h1-6,9,12-13,15H,7-8,10-11H2,(H,23,25)/b22-13-. The van der Waals surface area contributed by atoms with Crippen LogP contribution in [0, 0.1) is 5.92 Å². The molecule has 1 saturated heterocycles. The number of amides is 2. The van der Waals surface area contributed by atoms with E-state index in [0.29, 0.717) is 36.5 Å². The van der Waals surface area contributed by atoms with Crippen molar-refractivity contribution in [2.45, 2.75) is 12.8 Å². The molecule has 1 N–H and O–H groups in total. The van der Waals surface area contributed by atoms with Gasteiger partial charge in [-0.3, -0.25) is 14.6 Å². The third-order valence-corrected chi connectivity index (χ3v) is 4.57. The van der Waals surface area contributed by atoms with Crippen molar-refractivity contribution < 1.29 is 9.59 Å². The lowest BCUT2D eigenvalue weighted by Gasteiger charge is -2.31. The van der Waals surface area contributed by atoms with E-state index in [0.717, 1.165) is 5.56 Å². The van der Waals surface area contributed by atoms with Gasteiger partial charge in [-0.05, 0) is 43.2 Å². The summed E-state index contributed by atoms with van der Waals surface area (Å²) in [6, 6.07) is 10.5. The molecule has 0 atom stereocenters. The van der Waals surface area contributed by atoms with Crippen molar-refractivity contribution in [2.24, 2.45) is 11.0 Å². The maximum atomic E-state index is 12.5. The number of nitrogens with zero attached hydrogens (tertiary/aromatic N) is 3. The lowest BCUT2D eigenvalue weighted by atomic mass is 9.95. The summed E-state index contributed by atoms with van der Waals surface area (Å²) in [4.78, 5) is 30.4. The number of benzene rings is 1. The molecule has 2 aromatic rings. The maximum absolute atomic E-state index is 12.5. The van der Waals surface area contributed by atoms with Crippen LogP contribution in [0.4, 0.5) is 0 Å². The number of halogens is 1. The number of carbonyl (C=O) groups excluding carboxylic acids is 2. The highest BCUT2D eigenvalue weighted by Crippen LogP contribution is 2.20. The highest BCUT2D eigenvalue weighted by Gasteiger charge is 2.27. The Morgan fingerprint density at radius 2 is 1.92 bits per heavy atom. The fourth-order valence-corrected chi connectivity index (χ4v) is 2.96. The zero-order chi connectivity index (χ0) is 18.4. The molecule has 3 rings (SSSR count). The molecule has 7 heteroatoms. The summed E-state index contributed by atoms with van der Waals surface area (Å²) >= 11 is 5.85. The van der Waals surface area contributed by atoms with Crippen molar-refractivity contribution in [3.63, 3.8) is 0 Å². The molecule has 2 heterocycles. The van der Waals surface area contributed by atoms with Crippen molar-refractivity contribution in [1.82, 2.24) is 15.3 Å². The first-order valence-corrected chi connectivity index (χ1v) is 8.79. The van der Waals surface area contributed by atoms with E-state index in [9.17, 15) is 9.59 Å². The minimum atomic E-state index is -0.143. The largest absolute Gasteiger partial charge is 0.339 e. The predicted octanol–water partition coefficient (Wildman–Crippen LogP) is 2.74. The molecule has 0 spiro atoms. The maximum Gasteiger partial charge on any atom is 0.253 e. The van der Waals surface area contributed by atoms with E-state index in [-0.39, 0.29) is 17.7 Å². The van der Waals surface area contributed by atoms with Crippen LogP contribution < -0.4 is 5.43 Å². The zero-order valence-electron chi connectivity index (χ0n) is 14.1. The third-order valence-electron chi connectivity index (χ3n) is 4.32. The molecule has 2 amide bonds. The summed E-state index contributed by atoms with van der Waals surface area (Å²) < 4.78 is 0. The van der Waals surface area contributed by atoms with Gasteiger partial charge in [-0.25, -0.2) is 5.43 Å². The normalized spacial score (nSPS) is 15.2. The van der Waals surface area contributed by atoms with Gasteiger partial charge in [0.1, 0.15) is 0 Å². The van der Waals surface area contributed by atoms with Crippen LogP contribution in [0.1, 0.15) is 28.8 Å². The molecule has 6 nitrogen and oxygen atoms in total. The van der Waals surface area contributed by atoms with E-state index in [1.807, 2.05) is 6.07 Å². The Morgan fingerprint density at radius 3 is 2.58 bits per heavy atom. The summed E-state index contributed by atoms with van der Waals surface area (Å²) in [7, 11) is 0. The van der Waals surface area contributed by atoms with Gasteiger partial charge in [0.2, 0.25) is 5.91 Å². The Labute approximate surface area is 156 Å². The highest BCUT2D eigenvalue weighted by atomic mass is 35.5. The third kappa shape index (κ3) is 4.67. The van der Waals surface area contributed by atoms with Gasteiger partial charge in [0, 0.05) is 47.6 Å². The van der Waals surface area contributed by atoms with Crippen LogP contribution >= 0.6 is 11.6 Å². The van der Waals surface area contributed by atoms with Gasteiger partial charge in [0.05, 0.1) is 6.21 Å². The zero-order valence-corrected chi connectivity index (χ0v) is 14.9. The topological polar surface area (TPSA) is 74.7 Å². The van der Waals surface area contributed by atoms with Crippen molar-refractivity contribution in [1.29, 1.82) is 0 Å². The smallest absolute Gasteiger partial charge is 0.253 e. The van der Waals surface area contributed by atoms with Crippen LogP contribution in [0.25, 0.3) is 0 Å². The molecule has 134 valence electrons. The molecule has 1 aromatic heterocycles. The van der Waals surface area contributed by atoms with Crippen LogP contribution in [-0.4, -0.2) is 41.0 Å². The molecular weight excluding hydrogens is 352 g/mol. The minimum Gasteiger partial charge on any atom is -0.339 e. The Kier molecular flexibility index (Phi) is 5.96. The average molecular weight is 371 g/mol. The molecule has 0 unspecified atom stereocenters. The second-order valence-corrected chi connectivity index (χ2v) is 6.53. The van der Waals surface area contributed by atoms with Gasteiger partial charge in [-0.15, -0.1) is 0 Å². The van der Waals surface area contributed by atoms with Crippen molar-refractivity contribution in [3.8, 4) is 0 Å². The van der Waals surface area contributed by atoms with E-state index in [1.165, 1.54) is 0 Å². The van der Waals surface area contributed by atoms with Gasteiger partial charge < -0.3 is 4.90 Å². The number of pyridine rings is 1. The first-order valence-electron chi connectivity index (χ1n) is 8.41. The second kappa shape index (κ2) is 8.58. The van der Waals surface area contributed by atoms with Gasteiger partial charge in [-0.1, -0.05) is 17.7 Å². The van der Waals surface area contributed by atoms with E-state index in [2.05, 4.69) is 15.5 Å². The van der Waals surface area contributed by atoms with E-state index >= 15 is 0 Å². The van der Waals surface area contributed by atoms with Crippen LogP contribution in [0.5, 0.6) is 0 Å². The molecule has 1 fully saturated rings. The van der Waals surface area contributed by atoms with E-state index < -0.39 is 0 Å². The Bertz CT molecular complexity index is 785. The molecule has 0 aliphatic carbocycles. The van der Waals surface area contributed by atoms with Gasteiger partial charge in [-0.2, -0.15) is 5.10 Å². The molecule has 0 bridgehead atoms. The average Bonchev–Trinajstić information content (AvgIpc) is 2.69. The minimum absolute atomic E-state index is 0.0323. The summed E-state index contributed by atoms with van der Waals surface area (Å²) in [5.74, 6) is -0.297. The van der Waals surface area contributed by atoms with Gasteiger partial charge >= 0.3 is 0 Å². The van der Waals surface area contributed by atoms with Gasteiger partial charge in [0.15, 0.2) is 0 Å². The summed E-state index contributed by atoms with van der Waals surface area (Å²) in [5, 5.41) is 4.57. The number of hydrazone groups is 1. The number of carbonyl (C=O) groups is 2. The molecular formula is C19H19ClN4O2. The van der Waals surface area contributed by atoms with E-state index in [4.69, 9.17) is 11.6 Å². The summed E-state index contributed by atoms with van der Waals surface area (Å²) in [6.45, 7) is 1.09. The second-order valence-electron chi connectivity index (χ2n) is 6.09. The molecule has 1 aromatic carbocycles. The number of piperidine rings is 1. The number of hydrogen-bond acceptors (Lipinski definition) is 4. The number of rotatable bonds is 4. The monoisotopic (exact) mass is 370 g/mol. The first kappa shape index (κ1) is 18.1. The highest BCUT2D eigenvalue weighted by molar-refractivity contribution is 6.30. The van der Waals surface area contributed by atoms with Crippen LogP contribution in [-0.2, 0) is 4.79 Å². The number of aromatic nitrogens is 1. The fraction of sp³-hybridized carbons (Fsp3) is 0.263. The van der Waals surface area contributed by atoms with Crippen molar-refractivity contribution >= 4 is 29.6 Å². The predicted molar refractivity (Wildman–Crippen MR) is 100 cm³/mol. The first-order chi connectivity index (χ1) is 12.6. The number of likely N-dealkylation sites (tertiary alicyclic amines) is 1. The molecule has 0 saturated carbocycles. The number of hydrogen-bond donors (Lipinski definition) is 1. The SMILES string of the molecule is O=C(N/N=C\c1cccnc1)C1CCN(C(=O)c2ccc(Cl)cc2)CC1. The van der Waals surface area contributed by atoms with Crippen LogP contribution in [0.15, 0.2) is 53.9 Å². The fourth-order valence-electron chi connectivity index (χ4n) is 2.83. The van der Waals surface area contributed by atoms with Gasteiger partial charge in [0.25, 0.3) is 5.91 Å². The molecule has 1 aliphatic rings. The number of nitrogens with one attached hydrogen (secondary N) is 1. The summed E-state index contributed by atoms with van der Waals surface area (Å²) in [6.07, 6.45) is 6.14. The molecule has 26 heavy (non-hydrogen) atoms. The van der Waals surface area contributed by atoms with E-state index in [1.54, 1.807) is 53.8 Å². The Balaban J connectivity index is 1.48. The summed E-state index contributed by atoms with van der Waals surface area (Å²) in [5.41, 5.74) is 3.99. The molecule has 1 aliphatic heterocycles.